The largest absolute Gasteiger partial charge is 0.273 e. The summed E-state index contributed by atoms with van der Waals surface area (Å²) in [6.07, 6.45) is 1.41. The second-order valence-electron chi connectivity index (χ2n) is 4.57. The number of amides is 2. The van der Waals surface area contributed by atoms with Gasteiger partial charge < -0.3 is 0 Å². The van der Waals surface area contributed by atoms with Crippen molar-refractivity contribution in [2.45, 2.75) is 40.0 Å². The van der Waals surface area contributed by atoms with Crippen LogP contribution in [0.5, 0.6) is 0 Å². The van der Waals surface area contributed by atoms with Crippen molar-refractivity contribution in [3.63, 3.8) is 0 Å². The molecule has 0 spiro atoms. The molecule has 0 fully saturated rings. The topological polar surface area (TPSA) is 40.6 Å². The Kier molecular flexibility index (Phi) is 6.58. The molecule has 0 aliphatic rings. The van der Waals surface area contributed by atoms with E-state index >= 15 is 0 Å². The maximum Gasteiger partial charge on any atom is 0.237 e. The molecule has 0 rings (SSSR count). The fourth-order valence-electron chi connectivity index (χ4n) is 1.33. The molecule has 0 aliphatic heterocycles. The van der Waals surface area contributed by atoms with E-state index in [1.54, 1.807) is 10.0 Å². The first-order valence-electron chi connectivity index (χ1n) is 5.40. The third kappa shape index (κ3) is 5.46. The highest BCUT2D eigenvalue weighted by Gasteiger charge is 2.23. The van der Waals surface area contributed by atoms with Gasteiger partial charge in [0.05, 0.1) is 17.6 Å². The molecular weight excluding hydrogens is 236 g/mol. The van der Waals surface area contributed by atoms with Gasteiger partial charge in [-0.05, 0) is 0 Å². The molecule has 0 atom stereocenters. The summed E-state index contributed by atoms with van der Waals surface area (Å²) < 4.78 is 0. The zero-order valence-electron chi connectivity index (χ0n) is 11.1. The lowest BCUT2D eigenvalue weighted by Gasteiger charge is -2.35. The van der Waals surface area contributed by atoms with E-state index in [1.165, 1.54) is 13.8 Å². The van der Waals surface area contributed by atoms with Gasteiger partial charge in [-0.1, -0.05) is 26.2 Å². The summed E-state index contributed by atoms with van der Waals surface area (Å²) in [4.78, 5) is 23.1. The number of hydrogen-bond donors (Lipinski definition) is 0. The minimum atomic E-state index is -0.568. The van der Waals surface area contributed by atoms with Crippen LogP contribution >= 0.6 is 0 Å². The highest BCUT2D eigenvalue weighted by molar-refractivity contribution is 6.56. The van der Waals surface area contributed by atoms with Gasteiger partial charge in [0.25, 0.3) is 0 Å². The maximum absolute atomic E-state index is 11.6. The first-order chi connectivity index (χ1) is 7.25. The van der Waals surface area contributed by atoms with E-state index < -0.39 is 17.6 Å². The Hall–Kier alpha value is -0.626. The van der Waals surface area contributed by atoms with Gasteiger partial charge in [0.15, 0.2) is 0 Å². The van der Waals surface area contributed by atoms with Crippen LogP contribution in [0.3, 0.4) is 0 Å². The Balaban J connectivity index is 4.80. The van der Waals surface area contributed by atoms with Gasteiger partial charge >= 0.3 is 0 Å². The molecule has 0 aliphatic carbocycles. The van der Waals surface area contributed by atoms with Gasteiger partial charge in [0.1, 0.15) is 0 Å². The zero-order chi connectivity index (χ0) is 12.9. The highest BCUT2D eigenvalue weighted by Crippen LogP contribution is 2.03. The van der Waals surface area contributed by atoms with Gasteiger partial charge in [-0.2, -0.15) is 0 Å². The Bertz CT molecular complexity index is 231. The predicted octanol–water partition coefficient (Wildman–Crippen LogP) is 1.19. The van der Waals surface area contributed by atoms with E-state index in [-0.39, 0.29) is 11.8 Å². The molecule has 2 radical (unpaired) electrons. The minimum Gasteiger partial charge on any atom is -0.273 e. The van der Waals surface area contributed by atoms with Crippen LogP contribution in [0.15, 0.2) is 0 Å². The van der Waals surface area contributed by atoms with Crippen LogP contribution < -0.4 is 0 Å². The number of hydrazine groups is 1. The van der Waals surface area contributed by atoms with Crippen molar-refractivity contribution in [2.75, 3.05) is 12.3 Å². The predicted molar refractivity (Wildman–Crippen MR) is 69.7 cm³/mol. The van der Waals surface area contributed by atoms with Crippen LogP contribution in [0.25, 0.3) is 0 Å². The van der Waals surface area contributed by atoms with Gasteiger partial charge in [0, 0.05) is 26.2 Å². The third-order valence-corrected chi connectivity index (χ3v) is 3.81. The molecule has 4 nitrogen and oxygen atoms in total. The van der Waals surface area contributed by atoms with E-state index in [0.717, 1.165) is 0 Å². The van der Waals surface area contributed by atoms with Crippen LogP contribution in [0.1, 0.15) is 13.8 Å². The molecule has 0 aromatic carbocycles. The van der Waals surface area contributed by atoms with Crippen molar-refractivity contribution in [2.24, 2.45) is 0 Å². The molecule has 0 bridgehead atoms. The van der Waals surface area contributed by atoms with Crippen LogP contribution in [0, 0.1) is 0 Å². The summed E-state index contributed by atoms with van der Waals surface area (Å²) in [5, 5.41) is 3.24. The summed E-state index contributed by atoms with van der Waals surface area (Å²) in [5.74, 6) is -0.0747. The fraction of sp³-hybridized carbons (Fsp3) is 0.800. The van der Waals surface area contributed by atoms with Crippen LogP contribution in [0.4, 0.5) is 0 Å². The molecule has 0 aromatic heterocycles. The summed E-state index contributed by atoms with van der Waals surface area (Å²) >= 11 is 0. The normalized spacial score (nSPS) is 10.8. The Morgan fingerprint density at radius 1 is 0.812 bits per heavy atom. The third-order valence-electron chi connectivity index (χ3n) is 1.95. The summed E-state index contributed by atoms with van der Waals surface area (Å²) in [6.45, 7) is 11.6. The molecule has 0 heterocycles. The van der Waals surface area contributed by atoms with E-state index in [0.29, 0.717) is 12.3 Å². The van der Waals surface area contributed by atoms with Gasteiger partial charge in [-0.25, -0.2) is 0 Å². The van der Waals surface area contributed by atoms with Crippen molar-refractivity contribution in [1.29, 1.82) is 0 Å². The maximum atomic E-state index is 11.6. The average Bonchev–Trinajstić information content (AvgIpc) is 2.09. The van der Waals surface area contributed by atoms with Gasteiger partial charge in [0.2, 0.25) is 11.8 Å². The van der Waals surface area contributed by atoms with Gasteiger partial charge in [-0.15, -0.1) is 0 Å². The van der Waals surface area contributed by atoms with Crippen molar-refractivity contribution in [1.82, 2.24) is 10.0 Å². The molecule has 92 valence electrons. The Labute approximate surface area is 102 Å². The molecule has 6 heteroatoms. The molecule has 0 unspecified atom stereocenters. The standard InChI is InChI=1S/C10H22N2O2Si2/c1-9(13)11(7-15(3)4)12(10(2)14)8-16(5)6/h7-8H2,1-6H3. The van der Waals surface area contributed by atoms with Crippen LogP contribution in [-0.4, -0.2) is 51.8 Å². The molecular formula is C10H22N2O2Si2. The molecule has 16 heavy (non-hydrogen) atoms. The van der Waals surface area contributed by atoms with E-state index in [1.807, 2.05) is 0 Å². The Morgan fingerprint density at radius 2 is 1.06 bits per heavy atom. The molecule has 0 N–H and O–H groups in total. The van der Waals surface area contributed by atoms with Crippen molar-refractivity contribution < 1.29 is 9.59 Å². The van der Waals surface area contributed by atoms with E-state index in [4.69, 9.17) is 0 Å². The number of hydrogen-bond acceptors (Lipinski definition) is 2. The minimum absolute atomic E-state index is 0.0374. The first kappa shape index (κ1) is 15.4. The smallest absolute Gasteiger partial charge is 0.237 e. The zero-order valence-corrected chi connectivity index (χ0v) is 13.1. The molecule has 0 saturated carbocycles. The number of nitrogens with zero attached hydrogens (tertiary/aromatic N) is 2. The fourth-order valence-corrected chi connectivity index (χ4v) is 3.32. The lowest BCUT2D eigenvalue weighted by atomic mass is 10.6. The van der Waals surface area contributed by atoms with Crippen LogP contribution in [0.2, 0.25) is 26.2 Å². The molecule has 0 aromatic rings. The average molecular weight is 258 g/mol. The second kappa shape index (κ2) is 6.85. The Morgan fingerprint density at radius 3 is 1.19 bits per heavy atom. The van der Waals surface area contributed by atoms with E-state index in [2.05, 4.69) is 26.2 Å². The summed E-state index contributed by atoms with van der Waals surface area (Å²) in [7, 11) is -1.14. The monoisotopic (exact) mass is 258 g/mol. The lowest BCUT2D eigenvalue weighted by molar-refractivity contribution is -0.157. The number of carbonyl (C=O) groups is 2. The highest BCUT2D eigenvalue weighted by atomic mass is 28.3. The van der Waals surface area contributed by atoms with Crippen LogP contribution in [-0.2, 0) is 9.59 Å². The second-order valence-corrected chi connectivity index (χ2v) is 10.0. The molecule has 2 amide bonds. The van der Waals surface area contributed by atoms with E-state index in [9.17, 15) is 9.59 Å². The first-order valence-corrected chi connectivity index (χ1v) is 10.8. The van der Waals surface area contributed by atoms with Crippen molar-refractivity contribution >= 4 is 29.4 Å². The summed E-state index contributed by atoms with van der Waals surface area (Å²) in [5.41, 5.74) is 0. The quantitative estimate of drug-likeness (QED) is 0.561. The van der Waals surface area contributed by atoms with Crippen molar-refractivity contribution in [3.05, 3.63) is 0 Å². The number of rotatable bonds is 4. The SMILES string of the molecule is CC(=O)N(C[Si](C)C)N(C[Si](C)C)C(C)=O. The number of carbonyl (C=O) groups excluding carboxylic acids is 2. The lowest BCUT2D eigenvalue weighted by Crippen LogP contribution is -2.53. The van der Waals surface area contributed by atoms with Gasteiger partial charge in [-0.3, -0.25) is 19.6 Å². The summed E-state index contributed by atoms with van der Waals surface area (Å²) in [6, 6.07) is 0. The molecule has 0 saturated heterocycles. The van der Waals surface area contributed by atoms with Crippen molar-refractivity contribution in [3.8, 4) is 0 Å².